The first-order valence-electron chi connectivity index (χ1n) is 6.09. The Kier molecular flexibility index (Phi) is 3.75. The van der Waals surface area contributed by atoms with E-state index in [9.17, 15) is 14.9 Å². The van der Waals surface area contributed by atoms with Gasteiger partial charge in [0.25, 0.3) is 11.6 Å². The first-order valence-corrected chi connectivity index (χ1v) is 6.09. The smallest absolute Gasteiger partial charge is 0.277 e. The fourth-order valence-electron chi connectivity index (χ4n) is 1.97. The van der Waals surface area contributed by atoms with Crippen LogP contribution in [0.2, 0.25) is 0 Å². The van der Waals surface area contributed by atoms with Gasteiger partial charge in [-0.15, -0.1) is 0 Å². The fourth-order valence-corrected chi connectivity index (χ4v) is 1.97. The van der Waals surface area contributed by atoms with E-state index >= 15 is 0 Å². The van der Waals surface area contributed by atoms with Crippen LogP contribution in [0.15, 0.2) is 36.4 Å². The molecule has 98 valence electrons. The van der Waals surface area contributed by atoms with Gasteiger partial charge in [0.2, 0.25) is 0 Å². The summed E-state index contributed by atoms with van der Waals surface area (Å²) in [5.41, 5.74) is 0.484. The molecule has 0 aromatic heterocycles. The van der Waals surface area contributed by atoms with Crippen LogP contribution in [0.1, 0.15) is 23.7 Å². The monoisotopic (exact) mass is 258 g/mol. The zero-order valence-electron chi connectivity index (χ0n) is 10.6. The van der Waals surface area contributed by atoms with E-state index < -0.39 is 4.92 Å². The van der Waals surface area contributed by atoms with Crippen molar-refractivity contribution in [1.82, 2.24) is 5.32 Å². The molecule has 0 atom stereocenters. The van der Waals surface area contributed by atoms with Crippen molar-refractivity contribution in [3.8, 4) is 0 Å². The normalized spacial score (nSPS) is 10.4. The third kappa shape index (κ3) is 2.54. The summed E-state index contributed by atoms with van der Waals surface area (Å²) in [6.07, 6.45) is 0.844. The van der Waals surface area contributed by atoms with Crippen LogP contribution >= 0.6 is 0 Å². The molecule has 5 nitrogen and oxygen atoms in total. The molecule has 19 heavy (non-hydrogen) atoms. The van der Waals surface area contributed by atoms with Crippen molar-refractivity contribution in [2.24, 2.45) is 0 Å². The lowest BCUT2D eigenvalue weighted by Gasteiger charge is -2.07. The number of nitro benzene ring substituents is 1. The number of fused-ring (bicyclic) bond motifs is 1. The number of benzene rings is 2. The van der Waals surface area contributed by atoms with Gasteiger partial charge in [0.15, 0.2) is 0 Å². The van der Waals surface area contributed by atoms with Gasteiger partial charge in [0.1, 0.15) is 0 Å². The van der Waals surface area contributed by atoms with E-state index in [-0.39, 0.29) is 11.6 Å². The highest BCUT2D eigenvalue weighted by molar-refractivity contribution is 6.09. The molecule has 0 aliphatic rings. The summed E-state index contributed by atoms with van der Waals surface area (Å²) in [5, 5.41) is 14.8. The van der Waals surface area contributed by atoms with Crippen molar-refractivity contribution in [2.75, 3.05) is 6.54 Å². The third-order valence-electron chi connectivity index (χ3n) is 2.88. The Morgan fingerprint density at radius 1 is 1.21 bits per heavy atom. The number of nitrogens with one attached hydrogen (secondary N) is 1. The average molecular weight is 258 g/mol. The van der Waals surface area contributed by atoms with E-state index in [4.69, 9.17) is 0 Å². The Hall–Kier alpha value is -2.43. The standard InChI is InChI=1S/C14H14N2O3/c1-2-9-15-14(17)12-7-8-13(16(18)19)11-6-4-3-5-10(11)12/h3-8H,2,9H2,1H3,(H,15,17). The van der Waals surface area contributed by atoms with Gasteiger partial charge in [-0.2, -0.15) is 0 Å². The predicted octanol–water partition coefficient (Wildman–Crippen LogP) is 2.89. The van der Waals surface area contributed by atoms with E-state index in [1.54, 1.807) is 24.3 Å². The molecule has 0 fully saturated rings. The number of nitrogens with zero attached hydrogens (tertiary/aromatic N) is 1. The Bertz CT molecular complexity index is 638. The van der Waals surface area contributed by atoms with E-state index in [1.165, 1.54) is 12.1 Å². The highest BCUT2D eigenvalue weighted by atomic mass is 16.6. The molecular formula is C14H14N2O3. The maximum absolute atomic E-state index is 12.0. The summed E-state index contributed by atoms with van der Waals surface area (Å²) in [4.78, 5) is 22.6. The van der Waals surface area contributed by atoms with Gasteiger partial charge in [0, 0.05) is 23.6 Å². The molecule has 0 saturated heterocycles. The molecule has 2 rings (SSSR count). The summed E-state index contributed by atoms with van der Waals surface area (Å²) in [6, 6.07) is 9.76. The molecule has 0 unspecified atom stereocenters. The van der Waals surface area contributed by atoms with Crippen LogP contribution in [-0.4, -0.2) is 17.4 Å². The lowest BCUT2D eigenvalue weighted by Crippen LogP contribution is -2.24. The van der Waals surface area contributed by atoms with Crippen LogP contribution < -0.4 is 5.32 Å². The minimum atomic E-state index is -0.434. The molecule has 0 aliphatic heterocycles. The number of hydrogen-bond acceptors (Lipinski definition) is 3. The van der Waals surface area contributed by atoms with Crippen LogP contribution in [0, 0.1) is 10.1 Å². The largest absolute Gasteiger partial charge is 0.352 e. The lowest BCUT2D eigenvalue weighted by molar-refractivity contribution is -0.383. The van der Waals surface area contributed by atoms with Crippen LogP contribution in [0.25, 0.3) is 10.8 Å². The van der Waals surface area contributed by atoms with Crippen LogP contribution in [0.3, 0.4) is 0 Å². The number of carbonyl (C=O) groups excluding carboxylic acids is 1. The summed E-state index contributed by atoms with van der Waals surface area (Å²) in [6.45, 7) is 2.55. The summed E-state index contributed by atoms with van der Waals surface area (Å²) in [5.74, 6) is -0.201. The Balaban J connectivity index is 2.55. The second-order valence-corrected chi connectivity index (χ2v) is 4.19. The predicted molar refractivity (Wildman–Crippen MR) is 73.2 cm³/mol. The second-order valence-electron chi connectivity index (χ2n) is 4.19. The molecule has 0 saturated carbocycles. The minimum Gasteiger partial charge on any atom is -0.352 e. The van der Waals surface area contributed by atoms with Gasteiger partial charge >= 0.3 is 0 Å². The number of amides is 1. The van der Waals surface area contributed by atoms with E-state index in [2.05, 4.69) is 5.32 Å². The zero-order chi connectivity index (χ0) is 13.8. The summed E-state index contributed by atoms with van der Waals surface area (Å²) >= 11 is 0. The van der Waals surface area contributed by atoms with Gasteiger partial charge in [0.05, 0.1) is 10.3 Å². The topological polar surface area (TPSA) is 72.2 Å². The molecule has 1 amide bonds. The van der Waals surface area contributed by atoms with Crippen molar-refractivity contribution < 1.29 is 9.72 Å². The van der Waals surface area contributed by atoms with Crippen molar-refractivity contribution in [3.05, 3.63) is 52.1 Å². The Labute approximate surface area is 110 Å². The molecule has 1 N–H and O–H groups in total. The fraction of sp³-hybridized carbons (Fsp3) is 0.214. The van der Waals surface area contributed by atoms with Crippen LogP contribution in [0.4, 0.5) is 5.69 Å². The van der Waals surface area contributed by atoms with Crippen molar-refractivity contribution in [2.45, 2.75) is 13.3 Å². The molecule has 5 heteroatoms. The molecular weight excluding hydrogens is 244 g/mol. The van der Waals surface area contributed by atoms with Crippen LogP contribution in [-0.2, 0) is 0 Å². The molecule has 0 spiro atoms. The number of nitro groups is 1. The molecule has 0 heterocycles. The SMILES string of the molecule is CCCNC(=O)c1ccc([N+](=O)[O-])c2ccccc12. The van der Waals surface area contributed by atoms with Gasteiger partial charge in [-0.25, -0.2) is 0 Å². The summed E-state index contributed by atoms with van der Waals surface area (Å²) < 4.78 is 0. The van der Waals surface area contributed by atoms with E-state index in [1.807, 2.05) is 6.92 Å². The number of carbonyl (C=O) groups is 1. The first kappa shape index (κ1) is 13.0. The number of non-ortho nitro benzene ring substituents is 1. The molecule has 0 radical (unpaired) electrons. The van der Waals surface area contributed by atoms with Gasteiger partial charge < -0.3 is 5.32 Å². The van der Waals surface area contributed by atoms with Crippen molar-refractivity contribution >= 4 is 22.4 Å². The molecule has 0 bridgehead atoms. The van der Waals surface area contributed by atoms with E-state index in [0.29, 0.717) is 22.9 Å². The summed E-state index contributed by atoms with van der Waals surface area (Å²) in [7, 11) is 0. The molecule has 2 aromatic carbocycles. The van der Waals surface area contributed by atoms with Crippen LogP contribution in [0.5, 0.6) is 0 Å². The molecule has 2 aromatic rings. The van der Waals surface area contributed by atoms with Gasteiger partial charge in [-0.1, -0.05) is 25.1 Å². The quantitative estimate of drug-likeness (QED) is 0.677. The first-order chi connectivity index (χ1) is 9.15. The molecule has 0 aliphatic carbocycles. The maximum atomic E-state index is 12.0. The van der Waals surface area contributed by atoms with Gasteiger partial charge in [-0.05, 0) is 18.6 Å². The lowest BCUT2D eigenvalue weighted by atomic mass is 10.0. The van der Waals surface area contributed by atoms with Crippen molar-refractivity contribution in [1.29, 1.82) is 0 Å². The number of rotatable bonds is 4. The number of hydrogen-bond donors (Lipinski definition) is 1. The van der Waals surface area contributed by atoms with E-state index in [0.717, 1.165) is 6.42 Å². The highest BCUT2D eigenvalue weighted by Gasteiger charge is 2.16. The Morgan fingerprint density at radius 3 is 2.53 bits per heavy atom. The highest BCUT2D eigenvalue weighted by Crippen LogP contribution is 2.28. The van der Waals surface area contributed by atoms with Gasteiger partial charge in [-0.3, -0.25) is 14.9 Å². The van der Waals surface area contributed by atoms with Crippen molar-refractivity contribution in [3.63, 3.8) is 0 Å². The third-order valence-corrected chi connectivity index (χ3v) is 2.88. The zero-order valence-corrected chi connectivity index (χ0v) is 10.6. The Morgan fingerprint density at radius 2 is 1.89 bits per heavy atom. The maximum Gasteiger partial charge on any atom is 0.277 e. The second kappa shape index (κ2) is 5.48. The average Bonchev–Trinajstić information content (AvgIpc) is 2.43. The minimum absolute atomic E-state index is 0.0163.